The van der Waals surface area contributed by atoms with E-state index in [9.17, 15) is 4.79 Å². The topological polar surface area (TPSA) is 67.5 Å². The first-order valence-corrected chi connectivity index (χ1v) is 4.69. The molecule has 2 aromatic heterocycles. The number of aromatic carboxylic acids is 1. The Kier molecular flexibility index (Phi) is 2.16. The molecule has 0 aliphatic heterocycles. The van der Waals surface area contributed by atoms with Crippen molar-refractivity contribution in [1.82, 2.24) is 14.6 Å². The second-order valence-electron chi connectivity index (χ2n) is 2.50. The van der Waals surface area contributed by atoms with Gasteiger partial charge in [0, 0.05) is 6.20 Å². The van der Waals surface area contributed by atoms with Crippen LogP contribution in [0.15, 0.2) is 16.9 Å². The van der Waals surface area contributed by atoms with Gasteiger partial charge in [-0.2, -0.15) is 5.10 Å². The molecular formula is C7H3BrClN3O2. The molecule has 2 heterocycles. The van der Waals surface area contributed by atoms with Gasteiger partial charge in [-0.1, -0.05) is 11.6 Å². The zero-order valence-corrected chi connectivity index (χ0v) is 8.95. The second-order valence-corrected chi connectivity index (χ2v) is 3.71. The van der Waals surface area contributed by atoms with E-state index in [2.05, 4.69) is 26.0 Å². The van der Waals surface area contributed by atoms with Crippen molar-refractivity contribution in [3.8, 4) is 0 Å². The van der Waals surface area contributed by atoms with Crippen LogP contribution in [0.3, 0.4) is 0 Å². The number of fused-ring (bicyclic) bond motifs is 1. The van der Waals surface area contributed by atoms with Crippen molar-refractivity contribution in [2.75, 3.05) is 0 Å². The maximum absolute atomic E-state index is 10.7. The lowest BCUT2D eigenvalue weighted by Crippen LogP contribution is -2.03. The minimum absolute atomic E-state index is 0.0354. The molecule has 0 saturated heterocycles. The van der Waals surface area contributed by atoms with Gasteiger partial charge in [0.25, 0.3) is 0 Å². The summed E-state index contributed by atoms with van der Waals surface area (Å²) in [6, 6.07) is 0. The molecule has 0 radical (unpaired) electrons. The van der Waals surface area contributed by atoms with Crippen LogP contribution < -0.4 is 0 Å². The lowest BCUT2D eigenvalue weighted by molar-refractivity contribution is 0.0696. The molecule has 14 heavy (non-hydrogen) atoms. The average Bonchev–Trinajstić information content (AvgIpc) is 2.49. The molecular weight excluding hydrogens is 273 g/mol. The second kappa shape index (κ2) is 3.21. The lowest BCUT2D eigenvalue weighted by Gasteiger charge is -2.00. The van der Waals surface area contributed by atoms with Gasteiger partial charge in [-0.05, 0) is 15.9 Å². The fourth-order valence-corrected chi connectivity index (χ4v) is 1.63. The van der Waals surface area contributed by atoms with Gasteiger partial charge in [0.2, 0.25) is 0 Å². The molecule has 5 nitrogen and oxygen atoms in total. The summed E-state index contributed by atoms with van der Waals surface area (Å²) in [7, 11) is 0. The number of carbonyl (C=O) groups is 1. The molecule has 0 spiro atoms. The molecule has 0 bridgehead atoms. The summed E-state index contributed by atoms with van der Waals surface area (Å²) in [4.78, 5) is 14.6. The van der Waals surface area contributed by atoms with Crippen LogP contribution in [0, 0.1) is 0 Å². The number of rotatable bonds is 1. The fraction of sp³-hybridized carbons (Fsp3) is 0. The molecule has 0 amide bonds. The van der Waals surface area contributed by atoms with Crippen molar-refractivity contribution in [2.24, 2.45) is 0 Å². The molecule has 0 aliphatic carbocycles. The highest BCUT2D eigenvalue weighted by Gasteiger charge is 2.14. The molecule has 2 aromatic rings. The van der Waals surface area contributed by atoms with Crippen LogP contribution in [0.2, 0.25) is 5.15 Å². The largest absolute Gasteiger partial charge is 0.478 e. The van der Waals surface area contributed by atoms with Gasteiger partial charge in [-0.3, -0.25) is 0 Å². The number of hydrogen-bond acceptors (Lipinski definition) is 3. The normalized spacial score (nSPS) is 10.7. The van der Waals surface area contributed by atoms with E-state index < -0.39 is 5.97 Å². The Hall–Kier alpha value is -1.14. The third-order valence-electron chi connectivity index (χ3n) is 1.66. The number of carboxylic acids is 1. The van der Waals surface area contributed by atoms with E-state index >= 15 is 0 Å². The van der Waals surface area contributed by atoms with Gasteiger partial charge < -0.3 is 5.11 Å². The summed E-state index contributed by atoms with van der Waals surface area (Å²) in [6.45, 7) is 0. The standard InChI is InChI=1S/C7H3BrClN3O2/c8-4-2-11-12-5(9)3(7(13)14)1-10-6(4)12/h1-2H,(H,13,14). The number of carboxylic acid groups (broad SMARTS) is 1. The van der Waals surface area contributed by atoms with E-state index in [4.69, 9.17) is 16.7 Å². The monoisotopic (exact) mass is 275 g/mol. The van der Waals surface area contributed by atoms with Gasteiger partial charge in [-0.25, -0.2) is 14.3 Å². The van der Waals surface area contributed by atoms with E-state index in [0.717, 1.165) is 0 Å². The first kappa shape index (κ1) is 9.42. The molecule has 72 valence electrons. The molecule has 7 heteroatoms. The number of halogens is 2. The van der Waals surface area contributed by atoms with Crippen molar-refractivity contribution in [3.63, 3.8) is 0 Å². The lowest BCUT2D eigenvalue weighted by atomic mass is 10.3. The van der Waals surface area contributed by atoms with Gasteiger partial charge in [0.05, 0.1) is 10.7 Å². The van der Waals surface area contributed by atoms with Gasteiger partial charge in [0.1, 0.15) is 10.7 Å². The maximum Gasteiger partial charge on any atom is 0.340 e. The third-order valence-corrected chi connectivity index (χ3v) is 2.58. The van der Waals surface area contributed by atoms with Crippen molar-refractivity contribution in [1.29, 1.82) is 0 Å². The summed E-state index contributed by atoms with van der Waals surface area (Å²) < 4.78 is 1.92. The summed E-state index contributed by atoms with van der Waals surface area (Å²) in [6.07, 6.45) is 2.70. The number of aromatic nitrogens is 3. The Morgan fingerprint density at radius 2 is 2.29 bits per heavy atom. The van der Waals surface area contributed by atoms with Gasteiger partial charge >= 0.3 is 5.97 Å². The Balaban J connectivity index is 2.82. The van der Waals surface area contributed by atoms with Crippen LogP contribution in [-0.2, 0) is 0 Å². The van der Waals surface area contributed by atoms with E-state index in [-0.39, 0.29) is 10.7 Å². The van der Waals surface area contributed by atoms with Crippen molar-refractivity contribution >= 4 is 39.1 Å². The number of nitrogens with zero attached hydrogens (tertiary/aromatic N) is 3. The van der Waals surface area contributed by atoms with Crippen LogP contribution in [-0.4, -0.2) is 25.7 Å². The van der Waals surface area contributed by atoms with Crippen LogP contribution in [0.5, 0.6) is 0 Å². The average molecular weight is 276 g/mol. The van der Waals surface area contributed by atoms with Crippen LogP contribution in [0.4, 0.5) is 0 Å². The fourth-order valence-electron chi connectivity index (χ4n) is 1.02. The highest BCUT2D eigenvalue weighted by atomic mass is 79.9. The Labute approximate surface area is 91.4 Å². The summed E-state index contributed by atoms with van der Waals surface area (Å²) >= 11 is 9.02. The predicted octanol–water partition coefficient (Wildman–Crippen LogP) is 1.84. The molecule has 2 rings (SSSR count). The van der Waals surface area contributed by atoms with Crippen molar-refractivity contribution in [2.45, 2.75) is 0 Å². The van der Waals surface area contributed by atoms with Crippen LogP contribution in [0.25, 0.3) is 5.65 Å². The molecule has 0 aromatic carbocycles. The number of hydrogen-bond donors (Lipinski definition) is 1. The smallest absolute Gasteiger partial charge is 0.340 e. The molecule has 1 N–H and O–H groups in total. The van der Waals surface area contributed by atoms with Crippen LogP contribution in [0.1, 0.15) is 10.4 Å². The first-order valence-electron chi connectivity index (χ1n) is 3.52. The summed E-state index contributed by atoms with van der Waals surface area (Å²) in [5, 5.41) is 12.7. The van der Waals surface area contributed by atoms with E-state index in [1.54, 1.807) is 0 Å². The zero-order chi connectivity index (χ0) is 10.3. The predicted molar refractivity (Wildman–Crippen MR) is 52.7 cm³/mol. The molecule has 0 aliphatic rings. The highest BCUT2D eigenvalue weighted by Crippen LogP contribution is 2.21. The zero-order valence-electron chi connectivity index (χ0n) is 6.61. The van der Waals surface area contributed by atoms with Gasteiger partial charge in [0.15, 0.2) is 5.65 Å². The first-order chi connectivity index (χ1) is 6.61. The Bertz CT molecular complexity index is 525. The van der Waals surface area contributed by atoms with E-state index in [0.29, 0.717) is 10.1 Å². The van der Waals surface area contributed by atoms with Crippen molar-refractivity contribution in [3.05, 3.63) is 27.6 Å². The Morgan fingerprint density at radius 1 is 1.57 bits per heavy atom. The molecule has 0 atom stereocenters. The van der Waals surface area contributed by atoms with Crippen LogP contribution >= 0.6 is 27.5 Å². The minimum atomic E-state index is -1.13. The van der Waals surface area contributed by atoms with E-state index in [1.165, 1.54) is 16.9 Å². The van der Waals surface area contributed by atoms with Crippen molar-refractivity contribution < 1.29 is 9.90 Å². The molecule has 0 fully saturated rings. The van der Waals surface area contributed by atoms with E-state index in [1.807, 2.05) is 0 Å². The SMILES string of the molecule is O=C(O)c1cnc2c(Br)cnn2c1Cl. The molecule has 0 unspecified atom stereocenters. The summed E-state index contributed by atoms with van der Waals surface area (Å²) in [5.74, 6) is -1.13. The third kappa shape index (κ3) is 1.27. The highest BCUT2D eigenvalue weighted by molar-refractivity contribution is 9.10. The molecule has 0 saturated carbocycles. The quantitative estimate of drug-likeness (QED) is 0.807. The Morgan fingerprint density at radius 3 is 2.93 bits per heavy atom. The van der Waals surface area contributed by atoms with Gasteiger partial charge in [-0.15, -0.1) is 0 Å². The summed E-state index contributed by atoms with van der Waals surface area (Å²) in [5.41, 5.74) is 0.412. The maximum atomic E-state index is 10.7. The minimum Gasteiger partial charge on any atom is -0.478 e.